The molecule has 0 aliphatic carbocycles. The fourth-order valence-corrected chi connectivity index (χ4v) is 4.14. The summed E-state index contributed by atoms with van der Waals surface area (Å²) in [6.07, 6.45) is 1.84. The van der Waals surface area contributed by atoms with Gasteiger partial charge in [-0.25, -0.2) is 4.79 Å². The molecule has 0 radical (unpaired) electrons. The fraction of sp³-hybridized carbons (Fsp3) is 0.500. The van der Waals surface area contributed by atoms with Crippen LogP contribution in [0.3, 0.4) is 0 Å². The third kappa shape index (κ3) is 4.75. The average molecular weight is 374 g/mol. The number of likely N-dealkylation sites (tertiary alicyclic amines) is 1. The van der Waals surface area contributed by atoms with E-state index in [2.05, 4.69) is 10.6 Å². The molecule has 2 aromatic rings. The number of hydrogen-bond donors (Lipinski definition) is 2. The Bertz CT molecular complexity index is 753. The molecule has 1 saturated heterocycles. The predicted octanol–water partition coefficient (Wildman–Crippen LogP) is 3.85. The van der Waals surface area contributed by atoms with Crippen LogP contribution in [0, 0.1) is 5.92 Å². The molecule has 0 atom stereocenters. The van der Waals surface area contributed by atoms with Crippen LogP contribution in [-0.4, -0.2) is 42.0 Å². The molecule has 1 fully saturated rings. The number of rotatable bonds is 3. The van der Waals surface area contributed by atoms with Crippen molar-refractivity contribution < 1.29 is 9.59 Å². The Labute approximate surface area is 158 Å². The number of hydrogen-bond acceptors (Lipinski definition) is 3. The Hall–Kier alpha value is -2.08. The highest BCUT2D eigenvalue weighted by Gasteiger charge is 2.25. The summed E-state index contributed by atoms with van der Waals surface area (Å²) in [5.74, 6) is 0.422. The molecule has 0 bridgehead atoms. The number of fused-ring (bicyclic) bond motifs is 1. The van der Waals surface area contributed by atoms with E-state index in [0.717, 1.165) is 40.9 Å². The van der Waals surface area contributed by atoms with E-state index in [4.69, 9.17) is 0 Å². The molecule has 26 heavy (non-hydrogen) atoms. The summed E-state index contributed by atoms with van der Waals surface area (Å²) in [6.45, 7) is 8.11. The van der Waals surface area contributed by atoms with E-state index in [1.54, 1.807) is 0 Å². The predicted molar refractivity (Wildman–Crippen MR) is 107 cm³/mol. The summed E-state index contributed by atoms with van der Waals surface area (Å²) in [5.41, 5.74) is -0.216. The number of nitrogens with one attached hydrogen (secondary N) is 2. The van der Waals surface area contributed by atoms with Gasteiger partial charge in [0.2, 0.25) is 0 Å². The second-order valence-electron chi connectivity index (χ2n) is 7.97. The highest BCUT2D eigenvalue weighted by Crippen LogP contribution is 2.25. The minimum atomic E-state index is -0.216. The van der Waals surface area contributed by atoms with Crippen LogP contribution in [0.15, 0.2) is 30.3 Å². The lowest BCUT2D eigenvalue weighted by atomic mass is 9.97. The van der Waals surface area contributed by atoms with Gasteiger partial charge in [-0.1, -0.05) is 18.2 Å². The first-order valence-corrected chi connectivity index (χ1v) is 9.97. The van der Waals surface area contributed by atoms with Gasteiger partial charge < -0.3 is 15.5 Å². The van der Waals surface area contributed by atoms with Crippen molar-refractivity contribution >= 4 is 33.4 Å². The van der Waals surface area contributed by atoms with Crippen molar-refractivity contribution in [3.8, 4) is 0 Å². The Kier molecular flexibility index (Phi) is 5.51. The average Bonchev–Trinajstić information content (AvgIpc) is 3.03. The number of thiophene rings is 1. The SMILES string of the molecule is CC(C)(C)NC(=O)N1CCC(CNC(=O)c2cc3ccccc3s2)CC1. The largest absolute Gasteiger partial charge is 0.351 e. The molecule has 140 valence electrons. The second-order valence-corrected chi connectivity index (χ2v) is 9.05. The third-order valence-corrected chi connectivity index (χ3v) is 5.70. The van der Waals surface area contributed by atoms with Crippen LogP contribution >= 0.6 is 11.3 Å². The van der Waals surface area contributed by atoms with Crippen LogP contribution in [0.1, 0.15) is 43.3 Å². The molecule has 3 amide bonds. The summed E-state index contributed by atoms with van der Waals surface area (Å²) >= 11 is 1.53. The highest BCUT2D eigenvalue weighted by molar-refractivity contribution is 7.20. The topological polar surface area (TPSA) is 61.4 Å². The van der Waals surface area contributed by atoms with E-state index in [1.807, 2.05) is 56.0 Å². The molecule has 0 spiro atoms. The first kappa shape index (κ1) is 18.7. The molecule has 1 aliphatic rings. The standard InChI is InChI=1S/C20H27N3O2S/c1-20(2,3)22-19(25)23-10-8-14(9-11-23)13-21-18(24)17-12-15-6-4-5-7-16(15)26-17/h4-7,12,14H,8-11,13H2,1-3H3,(H,21,24)(H,22,25). The summed E-state index contributed by atoms with van der Waals surface area (Å²) in [5, 5.41) is 7.18. The number of nitrogens with zero attached hydrogens (tertiary/aromatic N) is 1. The molecule has 1 aromatic carbocycles. The molecule has 0 unspecified atom stereocenters. The van der Waals surface area contributed by atoms with Crippen molar-refractivity contribution in [2.45, 2.75) is 39.2 Å². The van der Waals surface area contributed by atoms with Crippen molar-refractivity contribution in [3.63, 3.8) is 0 Å². The number of carbonyl (C=O) groups is 2. The maximum Gasteiger partial charge on any atom is 0.317 e. The first-order valence-electron chi connectivity index (χ1n) is 9.16. The van der Waals surface area contributed by atoms with Crippen LogP contribution < -0.4 is 10.6 Å². The molecular weight excluding hydrogens is 346 g/mol. The number of benzene rings is 1. The smallest absolute Gasteiger partial charge is 0.317 e. The van der Waals surface area contributed by atoms with E-state index < -0.39 is 0 Å². The zero-order valence-electron chi connectivity index (χ0n) is 15.7. The molecule has 0 saturated carbocycles. The summed E-state index contributed by atoms with van der Waals surface area (Å²) < 4.78 is 1.14. The summed E-state index contributed by atoms with van der Waals surface area (Å²) in [4.78, 5) is 27.2. The van der Waals surface area contributed by atoms with Gasteiger partial charge in [0.1, 0.15) is 0 Å². The lowest BCUT2D eigenvalue weighted by molar-refractivity contribution is 0.0941. The number of urea groups is 1. The summed E-state index contributed by atoms with van der Waals surface area (Å²) in [6, 6.07) is 10.0. The monoisotopic (exact) mass is 373 g/mol. The Morgan fingerprint density at radius 1 is 1.19 bits per heavy atom. The van der Waals surface area contributed by atoms with Crippen LogP contribution in [0.5, 0.6) is 0 Å². The number of carbonyl (C=O) groups excluding carboxylic acids is 2. The highest BCUT2D eigenvalue weighted by atomic mass is 32.1. The van der Waals surface area contributed by atoms with Crippen LogP contribution in [0.4, 0.5) is 4.79 Å². The molecule has 2 heterocycles. The Balaban J connectivity index is 1.46. The maximum absolute atomic E-state index is 12.4. The fourth-order valence-electron chi connectivity index (χ4n) is 3.16. The zero-order valence-corrected chi connectivity index (χ0v) is 16.5. The second kappa shape index (κ2) is 7.66. The first-order chi connectivity index (χ1) is 12.3. The molecule has 5 nitrogen and oxygen atoms in total. The molecule has 3 rings (SSSR count). The normalized spacial score (nSPS) is 15.9. The lowest BCUT2D eigenvalue weighted by Gasteiger charge is -2.34. The van der Waals surface area contributed by atoms with Gasteiger partial charge in [0.05, 0.1) is 4.88 Å². The van der Waals surface area contributed by atoms with E-state index in [1.165, 1.54) is 11.3 Å². The quantitative estimate of drug-likeness (QED) is 0.858. The van der Waals surface area contributed by atoms with E-state index >= 15 is 0 Å². The number of piperidine rings is 1. The van der Waals surface area contributed by atoms with Crippen molar-refractivity contribution in [3.05, 3.63) is 35.2 Å². The van der Waals surface area contributed by atoms with Gasteiger partial charge in [-0.3, -0.25) is 4.79 Å². The Morgan fingerprint density at radius 2 is 1.88 bits per heavy atom. The molecule has 1 aromatic heterocycles. The molecule has 2 N–H and O–H groups in total. The van der Waals surface area contributed by atoms with Gasteiger partial charge in [0.15, 0.2) is 0 Å². The lowest BCUT2D eigenvalue weighted by Crippen LogP contribution is -2.51. The van der Waals surface area contributed by atoms with Gasteiger partial charge in [0, 0.05) is 29.9 Å². The molecular formula is C20H27N3O2S. The molecule has 1 aliphatic heterocycles. The van der Waals surface area contributed by atoms with E-state index in [0.29, 0.717) is 12.5 Å². The van der Waals surface area contributed by atoms with Crippen LogP contribution in [-0.2, 0) is 0 Å². The van der Waals surface area contributed by atoms with Gasteiger partial charge in [-0.05, 0) is 57.0 Å². The Morgan fingerprint density at radius 3 is 2.54 bits per heavy atom. The number of amides is 3. The van der Waals surface area contributed by atoms with Crippen LogP contribution in [0.25, 0.3) is 10.1 Å². The third-order valence-electron chi connectivity index (χ3n) is 4.58. The van der Waals surface area contributed by atoms with Crippen molar-refractivity contribution in [2.24, 2.45) is 5.92 Å². The minimum absolute atomic E-state index is 0.000829. The van der Waals surface area contributed by atoms with Crippen molar-refractivity contribution in [1.29, 1.82) is 0 Å². The minimum Gasteiger partial charge on any atom is -0.351 e. The van der Waals surface area contributed by atoms with Crippen LogP contribution in [0.2, 0.25) is 0 Å². The van der Waals surface area contributed by atoms with Gasteiger partial charge in [-0.15, -0.1) is 11.3 Å². The summed E-state index contributed by atoms with van der Waals surface area (Å²) in [7, 11) is 0. The zero-order chi connectivity index (χ0) is 18.7. The van der Waals surface area contributed by atoms with Gasteiger partial charge in [-0.2, -0.15) is 0 Å². The van der Waals surface area contributed by atoms with Gasteiger partial charge in [0.25, 0.3) is 5.91 Å². The van der Waals surface area contributed by atoms with Crippen molar-refractivity contribution in [2.75, 3.05) is 19.6 Å². The maximum atomic E-state index is 12.4. The van der Waals surface area contributed by atoms with Gasteiger partial charge >= 0.3 is 6.03 Å². The van der Waals surface area contributed by atoms with E-state index in [-0.39, 0.29) is 17.5 Å². The molecule has 6 heteroatoms. The van der Waals surface area contributed by atoms with E-state index in [9.17, 15) is 9.59 Å². The van der Waals surface area contributed by atoms with Crippen molar-refractivity contribution in [1.82, 2.24) is 15.5 Å².